The fraction of sp³-hybridized carbons (Fsp3) is 0.691. The Labute approximate surface area is 342 Å². The summed E-state index contributed by atoms with van der Waals surface area (Å²) >= 11 is 0. The molecule has 1 heterocycles. The highest BCUT2D eigenvalue weighted by Gasteiger charge is 2.89. The predicted octanol–water partition coefficient (Wildman–Crippen LogP) is 8.95. The zero-order valence-corrected chi connectivity index (χ0v) is 33.5. The van der Waals surface area contributed by atoms with Crippen LogP contribution in [0.1, 0.15) is 44.1 Å². The number of ether oxygens (including phenoxy) is 2. The Morgan fingerprint density at radius 2 is 1.16 bits per heavy atom. The molecule has 294 valence electrons. The van der Waals surface area contributed by atoms with Crippen LogP contribution in [0.4, 0.5) is 0 Å². The van der Waals surface area contributed by atoms with E-state index in [4.69, 9.17) is 9.47 Å². The summed E-state index contributed by atoms with van der Waals surface area (Å²) in [6, 6.07) is 12.1. The number of hydrogen-bond donors (Lipinski definition) is 0. The van der Waals surface area contributed by atoms with Gasteiger partial charge in [-0.2, -0.15) is 0 Å². The number of fused-ring (bicyclic) bond motifs is 8. The molecule has 0 amide bonds. The fourth-order valence-electron chi connectivity index (χ4n) is 25.2. The summed E-state index contributed by atoms with van der Waals surface area (Å²) in [6.07, 6.45) is 24.4. The molecule has 17 aliphatic carbocycles. The molecule has 11 saturated carbocycles. The minimum Gasteiger partial charge on any atom is -0.463 e. The average Bonchev–Trinajstić information content (AvgIpc) is 3.84. The Hall–Kier alpha value is -2.65. The zero-order valence-electron chi connectivity index (χ0n) is 33.5. The Balaban J connectivity index is 0.845. The quantitative estimate of drug-likeness (QED) is 0.206. The highest BCUT2D eigenvalue weighted by atomic mass is 16.6. The van der Waals surface area contributed by atoms with Crippen LogP contribution in [0.5, 0.6) is 0 Å². The third-order valence-corrected chi connectivity index (χ3v) is 24.9. The first-order valence-electron chi connectivity index (χ1n) is 25.1. The predicted molar refractivity (Wildman–Crippen MR) is 216 cm³/mol. The van der Waals surface area contributed by atoms with Gasteiger partial charge in [-0.1, -0.05) is 77.9 Å². The van der Waals surface area contributed by atoms with Crippen LogP contribution in [-0.2, 0) is 19.7 Å². The van der Waals surface area contributed by atoms with E-state index in [-0.39, 0.29) is 17.5 Å². The molecule has 0 spiro atoms. The molecule has 3 heteroatoms. The van der Waals surface area contributed by atoms with Gasteiger partial charge in [-0.15, -0.1) is 0 Å². The topological polar surface area (TPSA) is 35.5 Å². The van der Waals surface area contributed by atoms with Crippen molar-refractivity contribution in [3.05, 3.63) is 94.6 Å². The maximum Gasteiger partial charge on any atom is 0.305 e. The van der Waals surface area contributed by atoms with Gasteiger partial charge < -0.3 is 9.47 Å². The number of esters is 1. The molecule has 19 rings (SSSR count). The summed E-state index contributed by atoms with van der Waals surface area (Å²) < 4.78 is 11.5. The first-order valence-corrected chi connectivity index (χ1v) is 25.1. The third-order valence-electron chi connectivity index (χ3n) is 24.9. The van der Waals surface area contributed by atoms with Crippen molar-refractivity contribution in [2.45, 2.75) is 50.0 Å². The van der Waals surface area contributed by atoms with Gasteiger partial charge in [0.15, 0.2) is 0 Å². The van der Waals surface area contributed by atoms with Gasteiger partial charge in [0.1, 0.15) is 6.61 Å². The molecule has 1 aliphatic heterocycles. The lowest BCUT2D eigenvalue weighted by Crippen LogP contribution is -2.56. The summed E-state index contributed by atoms with van der Waals surface area (Å²) in [6.45, 7) is 1.27. The van der Waals surface area contributed by atoms with Gasteiger partial charge in [0.2, 0.25) is 0 Å². The molecule has 58 heavy (non-hydrogen) atoms. The SMILES string of the molecule is O=C(CCCC1(c2ccccc2)C2C3C4C=CC5C6C=CC7C8C=CC9C%10CCC%11C%12C%10C%10C%13C%14=C(C7C6C6=C%14C7C%13C%12C(C3C7C4C65)C%11C21)C8C9%10)OCC1CCO1. The van der Waals surface area contributed by atoms with Crippen molar-refractivity contribution in [2.24, 2.45) is 166 Å². The van der Waals surface area contributed by atoms with Crippen LogP contribution in [0.2, 0.25) is 0 Å². The standard InChI is InChI=1S/C55H56O3/c56-30(58-19-21-16-18-57-21)7-4-17-55(20-5-2-1-3-6-20)53-39-28-14-12-26-24-10-8-22-23-9-11-25-27-13-15-29-38-36(27)43-34(25)32(23)41-31(22)33(24)42-35(26)37(28)44-46(39)47(40(29)54(53)55)45(38)52-50(43)48(41)49(42)51(44)52/h1-3,5-6,8-12,14,21-29,31-40,43-47,50-54H,4,7,13,15-19H2. The monoisotopic (exact) mass is 764 g/mol. The minimum atomic E-state index is 0.0108. The van der Waals surface area contributed by atoms with Crippen molar-refractivity contribution in [1.82, 2.24) is 0 Å². The largest absolute Gasteiger partial charge is 0.463 e. The van der Waals surface area contributed by atoms with Crippen LogP contribution in [0.25, 0.3) is 0 Å². The van der Waals surface area contributed by atoms with Crippen LogP contribution in [0.15, 0.2) is 89.1 Å². The summed E-state index contributed by atoms with van der Waals surface area (Å²) in [7, 11) is 0. The van der Waals surface area contributed by atoms with Crippen molar-refractivity contribution < 1.29 is 14.3 Å². The van der Waals surface area contributed by atoms with Crippen LogP contribution in [0, 0.1) is 166 Å². The summed E-state index contributed by atoms with van der Waals surface area (Å²) in [4.78, 5) is 13.4. The molecule has 30 unspecified atom stereocenters. The number of allylic oxidation sites excluding steroid dienone is 10. The molecule has 18 aliphatic rings. The normalized spacial score (nSPS) is 65.8. The second-order valence-electron chi connectivity index (χ2n) is 24.6. The molecular formula is C55H56O3. The van der Waals surface area contributed by atoms with E-state index in [0.717, 1.165) is 185 Å². The summed E-state index contributed by atoms with van der Waals surface area (Å²) in [5.74, 6) is 24.8. The summed E-state index contributed by atoms with van der Waals surface area (Å²) in [5.41, 5.74) is 10.5. The van der Waals surface area contributed by atoms with Gasteiger partial charge >= 0.3 is 5.97 Å². The van der Waals surface area contributed by atoms with E-state index in [1.807, 2.05) is 0 Å². The van der Waals surface area contributed by atoms with Crippen molar-refractivity contribution in [3.8, 4) is 0 Å². The summed E-state index contributed by atoms with van der Waals surface area (Å²) in [5, 5.41) is 0. The van der Waals surface area contributed by atoms with Gasteiger partial charge in [0.25, 0.3) is 0 Å². The van der Waals surface area contributed by atoms with E-state index >= 15 is 0 Å². The van der Waals surface area contributed by atoms with Gasteiger partial charge in [-0.3, -0.25) is 4.79 Å². The van der Waals surface area contributed by atoms with Crippen LogP contribution < -0.4 is 0 Å². The van der Waals surface area contributed by atoms with Gasteiger partial charge in [-0.25, -0.2) is 0 Å². The van der Waals surface area contributed by atoms with Crippen LogP contribution in [0.3, 0.4) is 0 Å². The van der Waals surface area contributed by atoms with Crippen LogP contribution in [-0.4, -0.2) is 25.3 Å². The van der Waals surface area contributed by atoms with Crippen molar-refractivity contribution >= 4 is 5.97 Å². The molecule has 1 saturated heterocycles. The Morgan fingerprint density at radius 3 is 1.88 bits per heavy atom. The van der Waals surface area contributed by atoms with E-state index in [0.29, 0.717) is 13.0 Å². The molecule has 30 atom stereocenters. The van der Waals surface area contributed by atoms with E-state index in [1.165, 1.54) is 19.3 Å². The molecular weight excluding hydrogens is 709 g/mol. The Kier molecular flexibility index (Phi) is 4.84. The first kappa shape index (κ1) is 30.4. The Bertz CT molecular complexity index is 2380. The molecule has 0 aromatic heterocycles. The van der Waals surface area contributed by atoms with Gasteiger partial charge in [0, 0.05) is 24.9 Å². The first-order chi connectivity index (χ1) is 28.8. The van der Waals surface area contributed by atoms with Crippen molar-refractivity contribution in [3.63, 3.8) is 0 Å². The smallest absolute Gasteiger partial charge is 0.305 e. The van der Waals surface area contributed by atoms with E-state index in [1.54, 1.807) is 5.56 Å². The van der Waals surface area contributed by atoms with Crippen molar-refractivity contribution in [1.29, 1.82) is 0 Å². The number of benzene rings is 1. The molecule has 0 bridgehead atoms. The highest BCUT2D eigenvalue weighted by molar-refractivity contribution is 5.69. The fourth-order valence-corrected chi connectivity index (χ4v) is 25.2. The lowest BCUT2D eigenvalue weighted by Gasteiger charge is -2.60. The van der Waals surface area contributed by atoms with E-state index in [2.05, 4.69) is 89.1 Å². The highest BCUT2D eigenvalue weighted by Crippen LogP contribution is 2.93. The third kappa shape index (κ3) is 2.73. The molecule has 1 aromatic rings. The number of carbonyl (C=O) groups excluding carboxylic acids is 1. The molecule has 0 N–H and O–H groups in total. The molecule has 12 fully saturated rings. The van der Waals surface area contributed by atoms with Gasteiger partial charge in [0.05, 0.1) is 6.10 Å². The number of carbonyl (C=O) groups is 1. The van der Waals surface area contributed by atoms with Crippen molar-refractivity contribution in [2.75, 3.05) is 13.2 Å². The Morgan fingerprint density at radius 1 is 0.569 bits per heavy atom. The number of rotatable bonds is 7. The maximum absolute atomic E-state index is 13.4. The second-order valence-corrected chi connectivity index (χ2v) is 24.6. The average molecular weight is 765 g/mol. The molecule has 0 radical (unpaired) electrons. The lowest BCUT2D eigenvalue weighted by atomic mass is 9.44. The zero-order chi connectivity index (χ0) is 36.6. The van der Waals surface area contributed by atoms with Gasteiger partial charge in [-0.05, 0) is 208 Å². The van der Waals surface area contributed by atoms with E-state index in [9.17, 15) is 4.79 Å². The number of hydrogen-bond acceptors (Lipinski definition) is 3. The maximum atomic E-state index is 13.4. The van der Waals surface area contributed by atoms with Crippen LogP contribution >= 0.6 is 0 Å². The molecule has 1 aromatic carbocycles. The van der Waals surface area contributed by atoms with E-state index < -0.39 is 0 Å². The lowest BCUT2D eigenvalue weighted by molar-refractivity contribution is -0.154. The minimum absolute atomic E-state index is 0.0108. The second kappa shape index (κ2) is 9.25. The molecule has 3 nitrogen and oxygen atoms in total.